The van der Waals surface area contributed by atoms with Crippen LogP contribution in [0.4, 0.5) is 0 Å². The summed E-state index contributed by atoms with van der Waals surface area (Å²) in [5.74, 6) is 1.72. The molecule has 18 heavy (non-hydrogen) atoms. The SMILES string of the molecule is CNCCCc1ncc(-c2cc3sccc3s2)o1. The molecule has 0 radical (unpaired) electrons. The molecule has 3 rings (SSSR count). The Kier molecular flexibility index (Phi) is 3.45. The first-order valence-corrected chi connectivity index (χ1v) is 7.63. The Morgan fingerprint density at radius 1 is 1.39 bits per heavy atom. The number of nitrogens with zero attached hydrogens (tertiary/aromatic N) is 1. The summed E-state index contributed by atoms with van der Waals surface area (Å²) in [4.78, 5) is 5.51. The summed E-state index contributed by atoms with van der Waals surface area (Å²) in [5.41, 5.74) is 0. The minimum Gasteiger partial charge on any atom is -0.440 e. The lowest BCUT2D eigenvalue weighted by Gasteiger charge is -1.95. The Morgan fingerprint density at radius 3 is 3.17 bits per heavy atom. The minimum atomic E-state index is 0.831. The van der Waals surface area contributed by atoms with Gasteiger partial charge in [-0.25, -0.2) is 4.98 Å². The molecular weight excluding hydrogens is 264 g/mol. The van der Waals surface area contributed by atoms with Crippen LogP contribution >= 0.6 is 22.7 Å². The van der Waals surface area contributed by atoms with Crippen molar-refractivity contribution in [2.24, 2.45) is 0 Å². The van der Waals surface area contributed by atoms with E-state index in [0.717, 1.165) is 31.0 Å². The molecule has 0 amide bonds. The molecule has 3 nitrogen and oxygen atoms in total. The van der Waals surface area contributed by atoms with Gasteiger partial charge in [-0.05, 0) is 37.5 Å². The maximum Gasteiger partial charge on any atom is 0.194 e. The second-order valence-electron chi connectivity index (χ2n) is 4.09. The summed E-state index contributed by atoms with van der Waals surface area (Å²) in [6.45, 7) is 0.993. The van der Waals surface area contributed by atoms with Gasteiger partial charge in [-0.2, -0.15) is 0 Å². The zero-order chi connectivity index (χ0) is 12.4. The van der Waals surface area contributed by atoms with Gasteiger partial charge < -0.3 is 9.73 Å². The van der Waals surface area contributed by atoms with Crippen molar-refractivity contribution in [1.82, 2.24) is 10.3 Å². The highest BCUT2D eigenvalue weighted by atomic mass is 32.1. The average molecular weight is 278 g/mol. The number of oxazole rings is 1. The monoisotopic (exact) mass is 278 g/mol. The van der Waals surface area contributed by atoms with E-state index in [2.05, 4.69) is 27.8 Å². The molecule has 3 aromatic rings. The molecule has 5 heteroatoms. The van der Waals surface area contributed by atoms with Crippen LogP contribution in [0.25, 0.3) is 20.0 Å². The minimum absolute atomic E-state index is 0.831. The predicted molar refractivity (Wildman–Crippen MR) is 77.4 cm³/mol. The van der Waals surface area contributed by atoms with Gasteiger partial charge in [0.25, 0.3) is 0 Å². The highest BCUT2D eigenvalue weighted by molar-refractivity contribution is 7.28. The van der Waals surface area contributed by atoms with Crippen molar-refractivity contribution in [2.45, 2.75) is 12.8 Å². The largest absolute Gasteiger partial charge is 0.440 e. The Balaban J connectivity index is 1.78. The van der Waals surface area contributed by atoms with E-state index in [4.69, 9.17) is 4.42 Å². The number of hydrogen-bond donors (Lipinski definition) is 1. The van der Waals surface area contributed by atoms with Gasteiger partial charge in [0.05, 0.1) is 11.1 Å². The fourth-order valence-electron chi connectivity index (χ4n) is 1.84. The summed E-state index contributed by atoms with van der Waals surface area (Å²) in [6.07, 6.45) is 3.78. The number of aryl methyl sites for hydroxylation is 1. The standard InChI is InChI=1S/C13H14N2OS2/c1-14-5-2-3-13-15-8-9(16-13)11-7-12-10(18-11)4-6-17-12/h4,6-8,14H,2-3,5H2,1H3. The van der Waals surface area contributed by atoms with Crippen LogP contribution in [0.15, 0.2) is 28.1 Å². The Hall–Kier alpha value is -1.17. The van der Waals surface area contributed by atoms with Gasteiger partial charge in [-0.1, -0.05) is 0 Å². The van der Waals surface area contributed by atoms with Crippen molar-refractivity contribution < 1.29 is 4.42 Å². The molecule has 0 bridgehead atoms. The molecule has 0 atom stereocenters. The van der Waals surface area contributed by atoms with Crippen molar-refractivity contribution in [1.29, 1.82) is 0 Å². The van der Waals surface area contributed by atoms with E-state index in [-0.39, 0.29) is 0 Å². The summed E-state index contributed by atoms with van der Waals surface area (Å²) in [7, 11) is 1.96. The quantitative estimate of drug-likeness (QED) is 0.722. The molecule has 1 N–H and O–H groups in total. The predicted octanol–water partition coefficient (Wildman–Crippen LogP) is 3.77. The van der Waals surface area contributed by atoms with Crippen LogP contribution in [0.1, 0.15) is 12.3 Å². The highest BCUT2D eigenvalue weighted by Crippen LogP contribution is 2.36. The van der Waals surface area contributed by atoms with Gasteiger partial charge in [-0.3, -0.25) is 0 Å². The van der Waals surface area contributed by atoms with Crippen LogP contribution in [0.2, 0.25) is 0 Å². The number of rotatable bonds is 5. The number of hydrogen-bond acceptors (Lipinski definition) is 5. The van der Waals surface area contributed by atoms with Gasteiger partial charge in [-0.15, -0.1) is 22.7 Å². The molecule has 0 unspecified atom stereocenters. The number of nitrogens with one attached hydrogen (secondary N) is 1. The molecule has 0 aliphatic rings. The van der Waals surface area contributed by atoms with Crippen molar-refractivity contribution in [2.75, 3.05) is 13.6 Å². The van der Waals surface area contributed by atoms with Crippen LogP contribution in [-0.2, 0) is 6.42 Å². The van der Waals surface area contributed by atoms with Gasteiger partial charge >= 0.3 is 0 Å². The zero-order valence-electron chi connectivity index (χ0n) is 10.1. The number of aromatic nitrogens is 1. The summed E-state index contributed by atoms with van der Waals surface area (Å²) in [5, 5.41) is 5.24. The van der Waals surface area contributed by atoms with Crippen molar-refractivity contribution in [3.63, 3.8) is 0 Å². The van der Waals surface area contributed by atoms with E-state index >= 15 is 0 Å². The van der Waals surface area contributed by atoms with Gasteiger partial charge in [0.1, 0.15) is 0 Å². The average Bonchev–Trinajstić information content (AvgIpc) is 3.02. The third-order valence-corrected chi connectivity index (χ3v) is 4.86. The van der Waals surface area contributed by atoms with Gasteiger partial charge in [0.15, 0.2) is 11.7 Å². The Bertz CT molecular complexity index is 610. The molecule has 3 heterocycles. The number of thiophene rings is 2. The normalized spacial score (nSPS) is 11.4. The summed E-state index contributed by atoms with van der Waals surface area (Å²) >= 11 is 3.53. The van der Waals surface area contributed by atoms with E-state index in [1.807, 2.05) is 13.2 Å². The maximum atomic E-state index is 5.79. The van der Waals surface area contributed by atoms with Crippen molar-refractivity contribution in [3.05, 3.63) is 29.6 Å². The first kappa shape index (κ1) is 11.9. The second kappa shape index (κ2) is 5.22. The van der Waals surface area contributed by atoms with Gasteiger partial charge in [0, 0.05) is 15.8 Å². The topological polar surface area (TPSA) is 38.1 Å². The second-order valence-corrected chi connectivity index (χ2v) is 6.12. The van der Waals surface area contributed by atoms with E-state index in [0.29, 0.717) is 0 Å². The first-order valence-electron chi connectivity index (χ1n) is 5.93. The first-order chi connectivity index (χ1) is 8.86. The van der Waals surface area contributed by atoms with E-state index in [9.17, 15) is 0 Å². The fourth-order valence-corrected chi connectivity index (χ4v) is 3.90. The van der Waals surface area contributed by atoms with E-state index in [1.165, 1.54) is 14.3 Å². The lowest BCUT2D eigenvalue weighted by Crippen LogP contribution is -2.08. The number of fused-ring (bicyclic) bond motifs is 1. The third-order valence-electron chi connectivity index (χ3n) is 2.75. The van der Waals surface area contributed by atoms with E-state index in [1.54, 1.807) is 22.7 Å². The van der Waals surface area contributed by atoms with Gasteiger partial charge in [0.2, 0.25) is 0 Å². The molecular formula is C13H14N2OS2. The Morgan fingerprint density at radius 2 is 2.33 bits per heavy atom. The Labute approximate surface area is 113 Å². The molecule has 0 aromatic carbocycles. The molecule has 0 spiro atoms. The molecule has 94 valence electrons. The lowest BCUT2D eigenvalue weighted by molar-refractivity contribution is 0.496. The zero-order valence-corrected chi connectivity index (χ0v) is 11.7. The smallest absolute Gasteiger partial charge is 0.194 e. The molecule has 0 aliphatic carbocycles. The van der Waals surface area contributed by atoms with Crippen LogP contribution < -0.4 is 5.32 Å². The van der Waals surface area contributed by atoms with Crippen LogP contribution in [-0.4, -0.2) is 18.6 Å². The maximum absolute atomic E-state index is 5.79. The summed E-state index contributed by atoms with van der Waals surface area (Å²) in [6, 6.07) is 4.33. The van der Waals surface area contributed by atoms with Crippen LogP contribution in [0, 0.1) is 0 Å². The molecule has 0 fully saturated rings. The van der Waals surface area contributed by atoms with Crippen LogP contribution in [0.5, 0.6) is 0 Å². The van der Waals surface area contributed by atoms with Crippen molar-refractivity contribution in [3.8, 4) is 10.6 Å². The van der Waals surface area contributed by atoms with Crippen molar-refractivity contribution >= 4 is 32.1 Å². The molecule has 0 aliphatic heterocycles. The fraction of sp³-hybridized carbons (Fsp3) is 0.308. The highest BCUT2D eigenvalue weighted by Gasteiger charge is 2.10. The van der Waals surface area contributed by atoms with E-state index < -0.39 is 0 Å². The summed E-state index contributed by atoms with van der Waals surface area (Å²) < 4.78 is 8.44. The molecule has 0 saturated carbocycles. The molecule has 0 saturated heterocycles. The van der Waals surface area contributed by atoms with Crippen LogP contribution in [0.3, 0.4) is 0 Å². The molecule has 3 aromatic heterocycles. The third kappa shape index (κ3) is 2.34. The lowest BCUT2D eigenvalue weighted by atomic mass is 10.3.